The number of rotatable bonds is 5. The third-order valence-electron chi connectivity index (χ3n) is 2.44. The summed E-state index contributed by atoms with van der Waals surface area (Å²) >= 11 is 5.66. The van der Waals surface area contributed by atoms with E-state index in [0.29, 0.717) is 6.54 Å². The fourth-order valence-corrected chi connectivity index (χ4v) is 3.13. The molecule has 0 aliphatic heterocycles. The van der Waals surface area contributed by atoms with Gasteiger partial charge in [-0.2, -0.15) is 0 Å². The quantitative estimate of drug-likeness (QED) is 0.618. The number of nitrogens with zero attached hydrogens (tertiary/aromatic N) is 2. The molecule has 19 heavy (non-hydrogen) atoms. The highest BCUT2D eigenvalue weighted by molar-refractivity contribution is 7.89. The van der Waals surface area contributed by atoms with Crippen LogP contribution in [0.4, 0.5) is 5.69 Å². The summed E-state index contributed by atoms with van der Waals surface area (Å²) in [4.78, 5) is 9.92. The van der Waals surface area contributed by atoms with Crippen LogP contribution in [-0.4, -0.2) is 31.2 Å². The van der Waals surface area contributed by atoms with Gasteiger partial charge in [0.05, 0.1) is 9.82 Å². The Morgan fingerprint density at radius 1 is 1.42 bits per heavy atom. The molecule has 0 bridgehead atoms. The Kier molecular flexibility index (Phi) is 4.89. The zero-order chi connectivity index (χ0) is 14.8. The summed E-state index contributed by atoms with van der Waals surface area (Å²) < 4.78 is 25.6. The molecule has 1 rings (SSSR count). The largest absolute Gasteiger partial charge is 0.289 e. The zero-order valence-electron chi connectivity index (χ0n) is 10.8. The second-order valence-electron chi connectivity index (χ2n) is 4.55. The van der Waals surface area contributed by atoms with E-state index in [1.807, 2.05) is 13.8 Å². The summed E-state index contributed by atoms with van der Waals surface area (Å²) in [5.74, 6) is 0.155. The Bertz CT molecular complexity index is 586. The predicted molar refractivity (Wildman–Crippen MR) is 72.8 cm³/mol. The van der Waals surface area contributed by atoms with E-state index in [1.54, 1.807) is 0 Å². The van der Waals surface area contributed by atoms with Gasteiger partial charge in [0.1, 0.15) is 5.02 Å². The van der Waals surface area contributed by atoms with E-state index in [0.717, 1.165) is 6.07 Å². The molecule has 0 fully saturated rings. The van der Waals surface area contributed by atoms with Gasteiger partial charge in [-0.25, -0.2) is 12.7 Å². The van der Waals surface area contributed by atoms with E-state index in [2.05, 4.69) is 0 Å². The molecule has 6 nitrogen and oxygen atoms in total. The minimum atomic E-state index is -3.74. The lowest BCUT2D eigenvalue weighted by atomic mass is 10.2. The van der Waals surface area contributed by atoms with Crippen molar-refractivity contribution in [3.63, 3.8) is 0 Å². The van der Waals surface area contributed by atoms with Crippen molar-refractivity contribution in [1.82, 2.24) is 4.31 Å². The van der Waals surface area contributed by atoms with Crippen molar-refractivity contribution < 1.29 is 13.3 Å². The fraction of sp³-hybridized carbons (Fsp3) is 0.455. The summed E-state index contributed by atoms with van der Waals surface area (Å²) in [6.07, 6.45) is 0. The first-order valence-corrected chi connectivity index (χ1v) is 7.38. The average Bonchev–Trinajstić information content (AvgIpc) is 2.27. The number of nitro benzene ring substituents is 1. The molecule has 0 aliphatic carbocycles. The SMILES string of the molecule is CC(C)CN(C)S(=O)(=O)c1ccc(Cl)c([N+](=O)[O-])c1. The molecule has 0 spiro atoms. The van der Waals surface area contributed by atoms with E-state index in [4.69, 9.17) is 11.6 Å². The maximum Gasteiger partial charge on any atom is 0.289 e. The lowest BCUT2D eigenvalue weighted by Gasteiger charge is -2.19. The van der Waals surface area contributed by atoms with Crippen molar-refractivity contribution >= 4 is 27.3 Å². The van der Waals surface area contributed by atoms with Crippen molar-refractivity contribution in [3.05, 3.63) is 33.3 Å². The van der Waals surface area contributed by atoms with Gasteiger partial charge in [0.15, 0.2) is 0 Å². The molecule has 0 heterocycles. The second kappa shape index (κ2) is 5.85. The van der Waals surface area contributed by atoms with E-state index in [1.165, 1.54) is 23.5 Å². The lowest BCUT2D eigenvalue weighted by molar-refractivity contribution is -0.384. The van der Waals surface area contributed by atoms with Crippen molar-refractivity contribution in [2.75, 3.05) is 13.6 Å². The van der Waals surface area contributed by atoms with Gasteiger partial charge in [0.25, 0.3) is 5.69 Å². The van der Waals surface area contributed by atoms with Gasteiger partial charge in [-0.3, -0.25) is 10.1 Å². The summed E-state index contributed by atoms with van der Waals surface area (Å²) in [6.45, 7) is 4.10. The van der Waals surface area contributed by atoms with Gasteiger partial charge in [-0.15, -0.1) is 0 Å². The topological polar surface area (TPSA) is 80.5 Å². The normalized spacial score (nSPS) is 12.1. The van der Waals surface area contributed by atoms with Crippen LogP contribution in [0.1, 0.15) is 13.8 Å². The van der Waals surface area contributed by atoms with E-state index < -0.39 is 20.6 Å². The highest BCUT2D eigenvalue weighted by atomic mass is 35.5. The molecule has 106 valence electrons. The molecular formula is C11H15ClN2O4S. The summed E-state index contributed by atoms with van der Waals surface area (Å²) in [6, 6.07) is 3.46. The highest BCUT2D eigenvalue weighted by Crippen LogP contribution is 2.28. The van der Waals surface area contributed by atoms with Crippen LogP contribution in [0.5, 0.6) is 0 Å². The molecule has 0 unspecified atom stereocenters. The van der Waals surface area contributed by atoms with Crippen molar-refractivity contribution in [2.24, 2.45) is 5.92 Å². The molecule has 1 aromatic carbocycles. The Morgan fingerprint density at radius 3 is 2.47 bits per heavy atom. The molecule has 0 saturated heterocycles. The van der Waals surface area contributed by atoms with Crippen LogP contribution in [0.25, 0.3) is 0 Å². The standard InChI is InChI=1S/C11H15ClN2O4S/c1-8(2)7-13(3)19(17,18)9-4-5-10(12)11(6-9)14(15)16/h4-6,8H,7H2,1-3H3. The van der Waals surface area contributed by atoms with Gasteiger partial charge in [-0.1, -0.05) is 25.4 Å². The molecule has 0 N–H and O–H groups in total. The minimum Gasteiger partial charge on any atom is -0.258 e. The third kappa shape index (κ3) is 3.65. The number of benzene rings is 1. The van der Waals surface area contributed by atoms with Crippen LogP contribution in [0.3, 0.4) is 0 Å². The minimum absolute atomic E-state index is 0.0875. The van der Waals surface area contributed by atoms with Gasteiger partial charge >= 0.3 is 0 Å². The van der Waals surface area contributed by atoms with Crippen LogP contribution in [-0.2, 0) is 10.0 Å². The maximum absolute atomic E-state index is 12.2. The zero-order valence-corrected chi connectivity index (χ0v) is 12.4. The summed E-state index contributed by atoms with van der Waals surface area (Å²) in [5, 5.41) is 10.7. The number of hydrogen-bond donors (Lipinski definition) is 0. The second-order valence-corrected chi connectivity index (χ2v) is 7.00. The first kappa shape index (κ1) is 15.9. The number of hydrogen-bond acceptors (Lipinski definition) is 4. The van der Waals surface area contributed by atoms with Crippen LogP contribution in [0.15, 0.2) is 23.1 Å². The van der Waals surface area contributed by atoms with Gasteiger partial charge in [0, 0.05) is 19.7 Å². The third-order valence-corrected chi connectivity index (χ3v) is 4.58. The van der Waals surface area contributed by atoms with Crippen LogP contribution >= 0.6 is 11.6 Å². The maximum atomic E-state index is 12.2. The number of nitro groups is 1. The number of sulfonamides is 1. The van der Waals surface area contributed by atoms with Gasteiger partial charge in [0.2, 0.25) is 10.0 Å². The molecule has 0 saturated carbocycles. The molecule has 0 aromatic heterocycles. The van der Waals surface area contributed by atoms with Crippen LogP contribution < -0.4 is 0 Å². The van der Waals surface area contributed by atoms with E-state index in [9.17, 15) is 18.5 Å². The lowest BCUT2D eigenvalue weighted by Crippen LogP contribution is -2.30. The van der Waals surface area contributed by atoms with Gasteiger partial charge < -0.3 is 0 Å². The van der Waals surface area contributed by atoms with E-state index >= 15 is 0 Å². The van der Waals surface area contributed by atoms with Crippen molar-refractivity contribution in [1.29, 1.82) is 0 Å². The van der Waals surface area contributed by atoms with Crippen molar-refractivity contribution in [3.8, 4) is 0 Å². The fourth-order valence-electron chi connectivity index (χ4n) is 1.59. The predicted octanol–water partition coefficient (Wildman–Crippen LogP) is 2.52. The average molecular weight is 307 g/mol. The monoisotopic (exact) mass is 306 g/mol. The van der Waals surface area contributed by atoms with Gasteiger partial charge in [-0.05, 0) is 18.1 Å². The van der Waals surface area contributed by atoms with Crippen LogP contribution in [0, 0.1) is 16.0 Å². The number of halogens is 1. The highest BCUT2D eigenvalue weighted by Gasteiger charge is 2.24. The molecule has 8 heteroatoms. The Labute approximate surface area is 117 Å². The smallest absolute Gasteiger partial charge is 0.258 e. The molecular weight excluding hydrogens is 292 g/mol. The summed E-state index contributed by atoms with van der Waals surface area (Å²) in [5.41, 5.74) is -0.416. The molecule has 0 aliphatic rings. The Morgan fingerprint density at radius 2 is 2.00 bits per heavy atom. The molecule has 1 aromatic rings. The van der Waals surface area contributed by atoms with Crippen LogP contribution in [0.2, 0.25) is 5.02 Å². The Hall–Kier alpha value is -1.18. The summed E-state index contributed by atoms with van der Waals surface area (Å²) in [7, 11) is -2.30. The Balaban J connectivity index is 3.22. The molecule has 0 amide bonds. The first-order chi connectivity index (χ1) is 8.66. The first-order valence-electron chi connectivity index (χ1n) is 5.56. The molecule has 0 radical (unpaired) electrons. The van der Waals surface area contributed by atoms with E-state index in [-0.39, 0.29) is 15.8 Å². The van der Waals surface area contributed by atoms with Crippen molar-refractivity contribution in [2.45, 2.75) is 18.7 Å². The molecule has 0 atom stereocenters.